The number of carbonyl (C=O) groups excluding carboxylic acids is 1. The highest BCUT2D eigenvalue weighted by Gasteiger charge is 2.29. The van der Waals surface area contributed by atoms with Crippen LogP contribution in [0.3, 0.4) is 0 Å². The Kier molecular flexibility index (Phi) is 4.19. The molecule has 0 saturated carbocycles. The van der Waals surface area contributed by atoms with Gasteiger partial charge >= 0.3 is 5.63 Å². The van der Waals surface area contributed by atoms with Crippen LogP contribution in [0.4, 0.5) is 0 Å². The zero-order valence-electron chi connectivity index (χ0n) is 13.4. The van der Waals surface area contributed by atoms with Gasteiger partial charge in [-0.2, -0.15) is 0 Å². The molecule has 1 unspecified atom stereocenters. The van der Waals surface area contributed by atoms with Gasteiger partial charge in [0.2, 0.25) is 5.91 Å². The molecule has 1 amide bonds. The lowest BCUT2D eigenvalue weighted by molar-refractivity contribution is -0.121. The maximum atomic E-state index is 12.2. The van der Waals surface area contributed by atoms with Crippen LogP contribution in [0.1, 0.15) is 17.5 Å². The van der Waals surface area contributed by atoms with Gasteiger partial charge in [0.1, 0.15) is 17.1 Å². The number of aryl methyl sites for hydroxylation is 1. The van der Waals surface area contributed by atoms with Crippen LogP contribution in [0.25, 0.3) is 11.0 Å². The van der Waals surface area contributed by atoms with Crippen molar-refractivity contribution in [2.45, 2.75) is 25.8 Å². The minimum Gasteiger partial charge on any atom is -0.508 e. The molecule has 1 aromatic carbocycles. The first kappa shape index (κ1) is 17.3. The van der Waals surface area contributed by atoms with Crippen LogP contribution in [0, 0.1) is 6.92 Å². The summed E-state index contributed by atoms with van der Waals surface area (Å²) >= 11 is 0. The Hall–Kier alpha value is -2.55. The Morgan fingerprint density at radius 2 is 2.08 bits per heavy atom. The number of hydrogen-bond donors (Lipinski definition) is 3. The molecule has 3 rings (SSSR count). The Labute approximate surface area is 143 Å². The molecule has 2 aromatic rings. The summed E-state index contributed by atoms with van der Waals surface area (Å²) in [5, 5.41) is 22.3. The van der Waals surface area contributed by atoms with Crippen molar-refractivity contribution < 1.29 is 27.8 Å². The van der Waals surface area contributed by atoms with Crippen molar-refractivity contribution in [3.05, 3.63) is 33.7 Å². The number of phenols is 2. The minimum absolute atomic E-state index is 0.0195. The van der Waals surface area contributed by atoms with Crippen molar-refractivity contribution in [1.82, 2.24) is 5.32 Å². The van der Waals surface area contributed by atoms with E-state index in [-0.39, 0.29) is 46.0 Å². The first-order valence-electron chi connectivity index (χ1n) is 7.64. The van der Waals surface area contributed by atoms with E-state index < -0.39 is 27.4 Å². The van der Waals surface area contributed by atoms with E-state index in [1.165, 1.54) is 6.07 Å². The number of phenolic OH excluding ortho intramolecular Hbond substituents is 2. The predicted octanol–water partition coefficient (Wildman–Crippen LogP) is 0.358. The fraction of sp³-hybridized carbons (Fsp3) is 0.375. The quantitative estimate of drug-likeness (QED) is 0.667. The summed E-state index contributed by atoms with van der Waals surface area (Å²) in [6.45, 7) is 1.57. The Morgan fingerprint density at radius 1 is 1.36 bits per heavy atom. The molecule has 134 valence electrons. The monoisotopic (exact) mass is 367 g/mol. The third kappa shape index (κ3) is 3.46. The third-order valence-electron chi connectivity index (χ3n) is 4.28. The highest BCUT2D eigenvalue weighted by Crippen LogP contribution is 2.32. The van der Waals surface area contributed by atoms with Gasteiger partial charge < -0.3 is 19.9 Å². The molecule has 1 atom stereocenters. The lowest BCUT2D eigenvalue weighted by atomic mass is 10.0. The molecule has 0 spiro atoms. The summed E-state index contributed by atoms with van der Waals surface area (Å²) in [4.78, 5) is 24.3. The molecule has 1 aromatic heterocycles. The largest absolute Gasteiger partial charge is 0.508 e. The second-order valence-corrected chi connectivity index (χ2v) is 8.40. The van der Waals surface area contributed by atoms with Gasteiger partial charge in [-0.3, -0.25) is 4.79 Å². The second-order valence-electron chi connectivity index (χ2n) is 6.18. The maximum absolute atomic E-state index is 12.2. The second kappa shape index (κ2) is 6.07. The molecule has 1 aliphatic rings. The van der Waals surface area contributed by atoms with Crippen molar-refractivity contribution in [2.75, 3.05) is 11.5 Å². The molecular weight excluding hydrogens is 350 g/mol. The van der Waals surface area contributed by atoms with Crippen molar-refractivity contribution in [2.24, 2.45) is 0 Å². The molecule has 0 bridgehead atoms. The van der Waals surface area contributed by atoms with E-state index in [1.54, 1.807) is 6.92 Å². The SMILES string of the molecule is Cc1c(CC(=O)NC2CCS(=O)(=O)C2)c(=O)oc2cc(O)cc(O)c12. The molecule has 9 heteroatoms. The highest BCUT2D eigenvalue weighted by molar-refractivity contribution is 7.91. The predicted molar refractivity (Wildman–Crippen MR) is 89.5 cm³/mol. The van der Waals surface area contributed by atoms with Gasteiger partial charge in [0.05, 0.1) is 28.9 Å². The summed E-state index contributed by atoms with van der Waals surface area (Å²) in [6.07, 6.45) is 0.0560. The minimum atomic E-state index is -3.12. The molecule has 0 aliphatic carbocycles. The molecule has 8 nitrogen and oxygen atoms in total. The van der Waals surface area contributed by atoms with Crippen molar-refractivity contribution in [3.8, 4) is 11.5 Å². The first-order valence-corrected chi connectivity index (χ1v) is 9.46. The van der Waals surface area contributed by atoms with Crippen molar-refractivity contribution >= 4 is 26.7 Å². The van der Waals surface area contributed by atoms with E-state index in [0.717, 1.165) is 6.07 Å². The fourth-order valence-electron chi connectivity index (χ4n) is 3.06. The van der Waals surface area contributed by atoms with Gasteiger partial charge in [-0.25, -0.2) is 13.2 Å². The number of aromatic hydroxyl groups is 2. The van der Waals surface area contributed by atoms with Gasteiger partial charge in [-0.05, 0) is 18.9 Å². The lowest BCUT2D eigenvalue weighted by Crippen LogP contribution is -2.37. The summed E-state index contributed by atoms with van der Waals surface area (Å²) in [5.74, 6) is -1.08. The molecule has 2 heterocycles. The summed E-state index contributed by atoms with van der Waals surface area (Å²) in [6, 6.07) is 1.86. The van der Waals surface area contributed by atoms with E-state index in [1.807, 2.05) is 0 Å². The Morgan fingerprint density at radius 3 is 2.72 bits per heavy atom. The van der Waals surface area contributed by atoms with Gasteiger partial charge in [-0.15, -0.1) is 0 Å². The van der Waals surface area contributed by atoms with E-state index in [0.29, 0.717) is 12.0 Å². The van der Waals surface area contributed by atoms with Gasteiger partial charge in [0.25, 0.3) is 0 Å². The number of benzene rings is 1. The first-order chi connectivity index (χ1) is 11.7. The highest BCUT2D eigenvalue weighted by atomic mass is 32.2. The average Bonchev–Trinajstić information content (AvgIpc) is 2.81. The van der Waals surface area contributed by atoms with E-state index in [4.69, 9.17) is 4.42 Å². The maximum Gasteiger partial charge on any atom is 0.340 e. The Bertz CT molecular complexity index is 1020. The zero-order valence-corrected chi connectivity index (χ0v) is 14.2. The number of sulfone groups is 1. The molecule has 1 aliphatic heterocycles. The van der Waals surface area contributed by atoms with Crippen LogP contribution in [0.2, 0.25) is 0 Å². The molecular formula is C16H17NO7S. The van der Waals surface area contributed by atoms with Crippen LogP contribution >= 0.6 is 0 Å². The number of nitrogens with one attached hydrogen (secondary N) is 1. The number of amides is 1. The topological polar surface area (TPSA) is 134 Å². The summed E-state index contributed by atoms with van der Waals surface area (Å²) in [5.41, 5.74) is -0.278. The Balaban J connectivity index is 1.89. The molecule has 0 radical (unpaired) electrons. The van der Waals surface area contributed by atoms with Crippen LogP contribution in [0.5, 0.6) is 11.5 Å². The van der Waals surface area contributed by atoms with Gasteiger partial charge in [0, 0.05) is 18.2 Å². The van der Waals surface area contributed by atoms with E-state index >= 15 is 0 Å². The number of fused-ring (bicyclic) bond motifs is 1. The van der Waals surface area contributed by atoms with Crippen molar-refractivity contribution in [1.29, 1.82) is 0 Å². The van der Waals surface area contributed by atoms with Crippen molar-refractivity contribution in [3.63, 3.8) is 0 Å². The number of rotatable bonds is 3. The third-order valence-corrected chi connectivity index (χ3v) is 6.05. The molecule has 25 heavy (non-hydrogen) atoms. The summed E-state index contributed by atoms with van der Waals surface area (Å²) < 4.78 is 28.0. The molecule has 3 N–H and O–H groups in total. The average molecular weight is 367 g/mol. The normalized spacial score (nSPS) is 19.2. The number of hydrogen-bond acceptors (Lipinski definition) is 7. The smallest absolute Gasteiger partial charge is 0.340 e. The standard InChI is InChI=1S/C16H17NO7S/c1-8-11(6-14(20)17-9-2-3-25(22,23)7-9)16(21)24-13-5-10(18)4-12(19)15(8)13/h4-5,9,18-19H,2-3,6-7H2,1H3,(H,17,20). The van der Waals surface area contributed by atoms with Crippen LogP contribution in [-0.2, 0) is 21.1 Å². The van der Waals surface area contributed by atoms with E-state index in [2.05, 4.69) is 5.32 Å². The van der Waals surface area contributed by atoms with Crippen LogP contribution in [0.15, 0.2) is 21.3 Å². The van der Waals surface area contributed by atoms with Gasteiger partial charge in [-0.1, -0.05) is 0 Å². The molecule has 1 saturated heterocycles. The summed E-state index contributed by atoms with van der Waals surface area (Å²) in [7, 11) is -3.12. The van der Waals surface area contributed by atoms with E-state index in [9.17, 15) is 28.2 Å². The lowest BCUT2D eigenvalue weighted by Gasteiger charge is -2.12. The zero-order chi connectivity index (χ0) is 18.4. The van der Waals surface area contributed by atoms with Crippen LogP contribution < -0.4 is 10.9 Å². The fourth-order valence-corrected chi connectivity index (χ4v) is 4.74. The van der Waals surface area contributed by atoms with Gasteiger partial charge in [0.15, 0.2) is 9.84 Å². The number of carbonyl (C=O) groups is 1. The van der Waals surface area contributed by atoms with Crippen LogP contribution in [-0.4, -0.2) is 42.1 Å². The molecule has 1 fully saturated rings.